The van der Waals surface area contributed by atoms with Crippen LogP contribution < -0.4 is 0 Å². The third-order valence-electron chi connectivity index (χ3n) is 4.34. The fourth-order valence-corrected chi connectivity index (χ4v) is 2.95. The monoisotopic (exact) mass is 290 g/mol. The number of aliphatic hydroxyl groups excluding tert-OH is 1. The second-order valence-corrected chi connectivity index (χ2v) is 6.36. The Morgan fingerprint density at radius 2 is 1.38 bits per heavy atom. The number of unbranched alkanes of at least 4 members (excludes halogenated alkanes) is 8. The summed E-state index contributed by atoms with van der Waals surface area (Å²) >= 11 is 0. The second-order valence-electron chi connectivity index (χ2n) is 6.36. The van der Waals surface area contributed by atoms with Gasteiger partial charge in [0.05, 0.1) is 0 Å². The molecule has 1 rings (SSSR count). The molecular weight excluding hydrogens is 256 g/mol. The van der Waals surface area contributed by atoms with Gasteiger partial charge in [-0.1, -0.05) is 95.0 Å². The quantitative estimate of drug-likeness (QED) is 0.458. The standard InChI is InChI=1S/C20H34O/c1-2-3-4-5-6-7-8-9-11-16-20(18-21)17-19-14-12-10-13-15-19/h10,12-15,20-21H,2-9,11,16-18H2,1H3. The molecule has 1 heteroatoms. The van der Waals surface area contributed by atoms with E-state index in [0.29, 0.717) is 12.5 Å². The van der Waals surface area contributed by atoms with Gasteiger partial charge in [-0.05, 0) is 24.3 Å². The summed E-state index contributed by atoms with van der Waals surface area (Å²) in [6, 6.07) is 10.6. The summed E-state index contributed by atoms with van der Waals surface area (Å²) in [5.74, 6) is 0.442. The summed E-state index contributed by atoms with van der Waals surface area (Å²) in [5, 5.41) is 9.51. The Morgan fingerprint density at radius 1 is 0.810 bits per heavy atom. The Hall–Kier alpha value is -0.820. The van der Waals surface area contributed by atoms with Gasteiger partial charge in [0.15, 0.2) is 0 Å². The summed E-state index contributed by atoms with van der Waals surface area (Å²) in [6.07, 6.45) is 14.5. The van der Waals surface area contributed by atoms with Gasteiger partial charge in [-0.15, -0.1) is 0 Å². The maximum atomic E-state index is 9.51. The van der Waals surface area contributed by atoms with Crippen LogP contribution in [0.2, 0.25) is 0 Å². The third kappa shape index (κ3) is 9.68. The number of hydrogen-bond acceptors (Lipinski definition) is 1. The SMILES string of the molecule is CCCCCCCCCCCC(CO)Cc1ccccc1. The molecule has 1 aromatic carbocycles. The summed E-state index contributed by atoms with van der Waals surface area (Å²) in [6.45, 7) is 2.60. The molecule has 0 amide bonds. The Balaban J connectivity index is 2.00. The molecule has 0 spiro atoms. The van der Waals surface area contributed by atoms with E-state index in [9.17, 15) is 5.11 Å². The summed E-state index contributed by atoms with van der Waals surface area (Å²) < 4.78 is 0. The lowest BCUT2D eigenvalue weighted by Crippen LogP contribution is -2.09. The van der Waals surface area contributed by atoms with E-state index in [1.54, 1.807) is 0 Å². The van der Waals surface area contributed by atoms with Crippen LogP contribution >= 0.6 is 0 Å². The fourth-order valence-electron chi connectivity index (χ4n) is 2.95. The molecule has 0 saturated carbocycles. The van der Waals surface area contributed by atoms with Crippen LogP contribution in [0, 0.1) is 5.92 Å². The maximum Gasteiger partial charge on any atom is 0.0462 e. The molecule has 0 fully saturated rings. The highest BCUT2D eigenvalue weighted by molar-refractivity contribution is 5.15. The van der Waals surface area contributed by atoms with Crippen molar-refractivity contribution in [3.8, 4) is 0 Å². The molecule has 0 heterocycles. The van der Waals surface area contributed by atoms with Crippen molar-refractivity contribution in [1.82, 2.24) is 0 Å². The zero-order chi connectivity index (χ0) is 15.2. The van der Waals surface area contributed by atoms with Gasteiger partial charge in [0.1, 0.15) is 0 Å². The van der Waals surface area contributed by atoms with Crippen molar-refractivity contribution in [3.05, 3.63) is 35.9 Å². The normalized spacial score (nSPS) is 12.5. The van der Waals surface area contributed by atoms with Gasteiger partial charge < -0.3 is 5.11 Å². The Morgan fingerprint density at radius 3 is 1.95 bits per heavy atom. The molecule has 0 aliphatic carbocycles. The largest absolute Gasteiger partial charge is 0.396 e. The van der Waals surface area contributed by atoms with Gasteiger partial charge in [-0.3, -0.25) is 0 Å². The zero-order valence-electron chi connectivity index (χ0n) is 13.9. The van der Waals surface area contributed by atoms with Crippen molar-refractivity contribution in [3.63, 3.8) is 0 Å². The predicted octanol–water partition coefficient (Wildman–Crippen LogP) is 5.76. The minimum atomic E-state index is 0.325. The van der Waals surface area contributed by atoms with Crippen molar-refractivity contribution in [2.24, 2.45) is 5.92 Å². The lowest BCUT2D eigenvalue weighted by atomic mass is 9.94. The van der Waals surface area contributed by atoms with Crippen LogP contribution in [0.25, 0.3) is 0 Å². The lowest BCUT2D eigenvalue weighted by molar-refractivity contribution is 0.214. The van der Waals surface area contributed by atoms with Gasteiger partial charge in [0.25, 0.3) is 0 Å². The number of rotatable bonds is 13. The van der Waals surface area contributed by atoms with Crippen LogP contribution in [-0.2, 0) is 6.42 Å². The Kier molecular flexibility index (Phi) is 11.2. The second kappa shape index (κ2) is 12.9. The van der Waals surface area contributed by atoms with E-state index in [-0.39, 0.29) is 0 Å². The van der Waals surface area contributed by atoms with Crippen LogP contribution in [0.15, 0.2) is 30.3 Å². The molecule has 21 heavy (non-hydrogen) atoms. The average Bonchev–Trinajstić information content (AvgIpc) is 2.53. The van der Waals surface area contributed by atoms with Gasteiger partial charge >= 0.3 is 0 Å². The van der Waals surface area contributed by atoms with Crippen molar-refractivity contribution in [1.29, 1.82) is 0 Å². The topological polar surface area (TPSA) is 20.2 Å². The maximum absolute atomic E-state index is 9.51. The predicted molar refractivity (Wildman–Crippen MR) is 92.6 cm³/mol. The van der Waals surface area contributed by atoms with E-state index in [0.717, 1.165) is 6.42 Å². The van der Waals surface area contributed by atoms with Crippen molar-refractivity contribution < 1.29 is 5.11 Å². The summed E-state index contributed by atoms with van der Waals surface area (Å²) in [7, 11) is 0. The first-order chi connectivity index (χ1) is 10.4. The molecule has 0 aliphatic heterocycles. The molecule has 1 unspecified atom stereocenters. The zero-order valence-corrected chi connectivity index (χ0v) is 13.9. The third-order valence-corrected chi connectivity index (χ3v) is 4.34. The Bertz CT molecular complexity index is 320. The van der Waals surface area contributed by atoms with E-state index in [1.807, 2.05) is 0 Å². The number of hydrogen-bond donors (Lipinski definition) is 1. The van der Waals surface area contributed by atoms with E-state index in [2.05, 4.69) is 37.3 Å². The highest BCUT2D eigenvalue weighted by Gasteiger charge is 2.08. The molecule has 0 saturated heterocycles. The molecular formula is C20H34O. The van der Waals surface area contributed by atoms with Gasteiger partial charge in [0.2, 0.25) is 0 Å². The van der Waals surface area contributed by atoms with Crippen LogP contribution in [0.5, 0.6) is 0 Å². The minimum Gasteiger partial charge on any atom is -0.396 e. The molecule has 0 aliphatic rings. The van der Waals surface area contributed by atoms with Gasteiger partial charge in [0, 0.05) is 6.61 Å². The van der Waals surface area contributed by atoms with E-state index in [4.69, 9.17) is 0 Å². The first kappa shape index (κ1) is 18.2. The average molecular weight is 290 g/mol. The van der Waals surface area contributed by atoms with Crippen LogP contribution in [0.4, 0.5) is 0 Å². The number of aliphatic hydroxyl groups is 1. The molecule has 1 aromatic rings. The first-order valence-corrected chi connectivity index (χ1v) is 9.01. The number of benzene rings is 1. The molecule has 1 nitrogen and oxygen atoms in total. The van der Waals surface area contributed by atoms with Crippen molar-refractivity contribution >= 4 is 0 Å². The van der Waals surface area contributed by atoms with Crippen molar-refractivity contribution in [2.75, 3.05) is 6.61 Å². The molecule has 0 bridgehead atoms. The van der Waals surface area contributed by atoms with Gasteiger partial charge in [-0.25, -0.2) is 0 Å². The van der Waals surface area contributed by atoms with Gasteiger partial charge in [-0.2, -0.15) is 0 Å². The Labute approximate surface area is 131 Å². The molecule has 1 N–H and O–H groups in total. The molecule has 0 aromatic heterocycles. The first-order valence-electron chi connectivity index (χ1n) is 9.01. The highest BCUT2D eigenvalue weighted by atomic mass is 16.3. The lowest BCUT2D eigenvalue weighted by Gasteiger charge is -2.14. The van der Waals surface area contributed by atoms with E-state index >= 15 is 0 Å². The van der Waals surface area contributed by atoms with Crippen LogP contribution in [0.1, 0.15) is 76.7 Å². The van der Waals surface area contributed by atoms with E-state index < -0.39 is 0 Å². The smallest absolute Gasteiger partial charge is 0.0462 e. The molecule has 1 atom stereocenters. The van der Waals surface area contributed by atoms with Crippen LogP contribution in [0.3, 0.4) is 0 Å². The minimum absolute atomic E-state index is 0.325. The van der Waals surface area contributed by atoms with Crippen LogP contribution in [-0.4, -0.2) is 11.7 Å². The fraction of sp³-hybridized carbons (Fsp3) is 0.700. The summed E-state index contributed by atoms with van der Waals surface area (Å²) in [4.78, 5) is 0. The molecule has 120 valence electrons. The van der Waals surface area contributed by atoms with Crippen molar-refractivity contribution in [2.45, 2.75) is 77.6 Å². The summed E-state index contributed by atoms with van der Waals surface area (Å²) in [5.41, 5.74) is 1.35. The highest BCUT2D eigenvalue weighted by Crippen LogP contribution is 2.17. The molecule has 0 radical (unpaired) electrons. The van der Waals surface area contributed by atoms with E-state index in [1.165, 1.54) is 69.8 Å².